The van der Waals surface area contributed by atoms with E-state index in [-0.39, 0.29) is 16.2 Å². The molecule has 0 unspecified atom stereocenters. The molecule has 48 heavy (non-hydrogen) atoms. The third-order valence-corrected chi connectivity index (χ3v) is 9.72. The summed E-state index contributed by atoms with van der Waals surface area (Å²) in [4.78, 5) is 14.8. The Bertz CT molecular complexity index is 1550. The van der Waals surface area contributed by atoms with Gasteiger partial charge in [-0.25, -0.2) is 0 Å². The summed E-state index contributed by atoms with van der Waals surface area (Å²) in [6.45, 7) is 29.7. The lowest BCUT2D eigenvalue weighted by molar-refractivity contribution is -0.515. The Morgan fingerprint density at radius 2 is 1.35 bits per heavy atom. The van der Waals surface area contributed by atoms with E-state index < -0.39 is 5.54 Å². The van der Waals surface area contributed by atoms with Gasteiger partial charge in [-0.2, -0.15) is 0 Å². The van der Waals surface area contributed by atoms with Crippen molar-refractivity contribution in [3.05, 3.63) is 57.6 Å². The zero-order valence-corrected chi connectivity index (χ0v) is 32.2. The van der Waals surface area contributed by atoms with Crippen LogP contribution in [0.15, 0.2) is 34.3 Å². The van der Waals surface area contributed by atoms with Crippen LogP contribution in [-0.2, 0) is 22.7 Å². The second kappa shape index (κ2) is 14.2. The SMILES string of the molecule is C[N+]1=C2N(CCCc3cc(C(C)(C)C)cc(C=NC(C)(C)CN=Cc4cc(C(C)(C)C)cc(C(C)(C)C)c4O)c3O)CCCN2CCC1. The normalized spacial score (nSPS) is 16.8. The van der Waals surface area contributed by atoms with Gasteiger partial charge in [0, 0.05) is 42.0 Å². The van der Waals surface area contributed by atoms with Crippen molar-refractivity contribution >= 4 is 18.4 Å². The molecule has 0 amide bonds. The predicted molar refractivity (Wildman–Crippen MR) is 203 cm³/mol. The molecule has 0 bridgehead atoms. The minimum absolute atomic E-state index is 0.0535. The van der Waals surface area contributed by atoms with E-state index in [1.54, 1.807) is 6.21 Å². The van der Waals surface area contributed by atoms with E-state index in [1.807, 2.05) is 6.21 Å². The topological polar surface area (TPSA) is 74.7 Å². The van der Waals surface area contributed by atoms with Crippen molar-refractivity contribution in [3.8, 4) is 11.5 Å². The number of phenols is 2. The lowest BCUT2D eigenvalue weighted by Crippen LogP contribution is -2.57. The minimum atomic E-state index is -0.506. The third kappa shape index (κ3) is 9.21. The van der Waals surface area contributed by atoms with Crippen molar-refractivity contribution < 1.29 is 14.8 Å². The molecule has 4 rings (SSSR count). The molecule has 0 atom stereocenters. The van der Waals surface area contributed by atoms with Gasteiger partial charge in [0.25, 0.3) is 0 Å². The van der Waals surface area contributed by atoms with Crippen molar-refractivity contribution in [1.29, 1.82) is 0 Å². The first-order chi connectivity index (χ1) is 22.2. The van der Waals surface area contributed by atoms with E-state index in [0.717, 1.165) is 67.8 Å². The first kappa shape index (κ1) is 37.5. The van der Waals surface area contributed by atoms with Gasteiger partial charge in [-0.05, 0) is 71.8 Å². The van der Waals surface area contributed by atoms with Crippen molar-refractivity contribution in [2.24, 2.45) is 9.98 Å². The zero-order chi connectivity index (χ0) is 35.7. The van der Waals surface area contributed by atoms with Crippen LogP contribution >= 0.6 is 0 Å². The molecule has 2 aromatic carbocycles. The molecule has 1 saturated heterocycles. The van der Waals surface area contributed by atoms with E-state index in [9.17, 15) is 10.2 Å². The van der Waals surface area contributed by atoms with Gasteiger partial charge in [0.1, 0.15) is 11.5 Å². The number of rotatable bonds is 9. The molecule has 7 heteroatoms. The lowest BCUT2D eigenvalue weighted by Gasteiger charge is -2.36. The smallest absolute Gasteiger partial charge is 0.350 e. The maximum Gasteiger partial charge on any atom is 0.350 e. The Labute approximate surface area is 291 Å². The van der Waals surface area contributed by atoms with Crippen molar-refractivity contribution in [2.75, 3.05) is 46.3 Å². The van der Waals surface area contributed by atoms with Crippen molar-refractivity contribution in [3.63, 3.8) is 0 Å². The fourth-order valence-electron chi connectivity index (χ4n) is 6.67. The monoisotopic (exact) mass is 659 g/mol. The van der Waals surface area contributed by atoms with Gasteiger partial charge in [-0.1, -0.05) is 74.4 Å². The predicted octanol–water partition coefficient (Wildman–Crippen LogP) is 7.65. The van der Waals surface area contributed by atoms with Crippen LogP contribution in [0.4, 0.5) is 0 Å². The summed E-state index contributed by atoms with van der Waals surface area (Å²) in [5.41, 5.74) is 4.96. The molecule has 2 aromatic rings. The number of guanidine groups is 1. The lowest BCUT2D eigenvalue weighted by atomic mass is 9.79. The molecule has 2 aliphatic rings. The van der Waals surface area contributed by atoms with Crippen LogP contribution in [0.2, 0.25) is 0 Å². The Hall–Kier alpha value is -3.35. The second-order valence-electron chi connectivity index (χ2n) is 17.8. The number of benzene rings is 2. The highest BCUT2D eigenvalue weighted by Gasteiger charge is 2.34. The maximum atomic E-state index is 11.5. The highest BCUT2D eigenvalue weighted by Crippen LogP contribution is 2.37. The molecule has 0 aliphatic carbocycles. The van der Waals surface area contributed by atoms with Gasteiger partial charge >= 0.3 is 5.96 Å². The molecule has 0 radical (unpaired) electrons. The average Bonchev–Trinajstić information content (AvgIpc) is 2.96. The number of phenolic OH excluding ortho intramolecular Hbond substituents is 2. The van der Waals surface area contributed by atoms with Crippen LogP contribution in [0, 0.1) is 0 Å². The summed E-state index contributed by atoms with van der Waals surface area (Å²) in [6, 6.07) is 8.45. The molecule has 7 nitrogen and oxygen atoms in total. The minimum Gasteiger partial charge on any atom is -0.507 e. The van der Waals surface area contributed by atoms with Crippen molar-refractivity contribution in [2.45, 2.75) is 124 Å². The summed E-state index contributed by atoms with van der Waals surface area (Å²) in [5, 5.41) is 22.7. The third-order valence-electron chi connectivity index (χ3n) is 9.72. The number of hydrogen-bond acceptors (Lipinski definition) is 6. The van der Waals surface area contributed by atoms with Gasteiger partial charge in [0.05, 0.1) is 51.9 Å². The van der Waals surface area contributed by atoms with Crippen LogP contribution < -0.4 is 0 Å². The summed E-state index contributed by atoms with van der Waals surface area (Å²) in [7, 11) is 2.22. The molecule has 1 fully saturated rings. The van der Waals surface area contributed by atoms with E-state index in [4.69, 9.17) is 9.98 Å². The molecule has 2 heterocycles. The number of nitrogens with zero attached hydrogens (tertiary/aromatic N) is 5. The van der Waals surface area contributed by atoms with E-state index in [2.05, 4.69) is 122 Å². The fraction of sp³-hybridized carbons (Fsp3) is 0.634. The molecule has 0 saturated carbocycles. The molecular formula is C41H64N5O2+. The highest BCUT2D eigenvalue weighted by atomic mass is 16.3. The quantitative estimate of drug-likeness (QED) is 0.215. The summed E-state index contributed by atoms with van der Waals surface area (Å²) in [5.74, 6) is 2.00. The molecule has 2 N–H and O–H groups in total. The van der Waals surface area contributed by atoms with Crippen LogP contribution in [0.25, 0.3) is 0 Å². The van der Waals surface area contributed by atoms with E-state index in [0.29, 0.717) is 18.0 Å². The summed E-state index contributed by atoms with van der Waals surface area (Å²) in [6.07, 6.45) is 7.83. The van der Waals surface area contributed by atoms with Crippen LogP contribution in [0.3, 0.4) is 0 Å². The Morgan fingerprint density at radius 3 is 1.98 bits per heavy atom. The summed E-state index contributed by atoms with van der Waals surface area (Å²) >= 11 is 0. The van der Waals surface area contributed by atoms with Gasteiger partial charge in [0.15, 0.2) is 0 Å². The Kier molecular flexibility index (Phi) is 11.1. The number of aromatic hydroxyl groups is 2. The van der Waals surface area contributed by atoms with Gasteiger partial charge in [-0.3, -0.25) is 24.4 Å². The maximum absolute atomic E-state index is 11.5. The van der Waals surface area contributed by atoms with Crippen LogP contribution in [0.5, 0.6) is 11.5 Å². The molecule has 0 aromatic heterocycles. The van der Waals surface area contributed by atoms with E-state index >= 15 is 0 Å². The van der Waals surface area contributed by atoms with Gasteiger partial charge < -0.3 is 10.2 Å². The fourth-order valence-corrected chi connectivity index (χ4v) is 6.67. The first-order valence-electron chi connectivity index (χ1n) is 18.0. The number of aliphatic imine (C=N–C) groups is 2. The van der Waals surface area contributed by atoms with E-state index in [1.165, 1.54) is 29.9 Å². The van der Waals surface area contributed by atoms with Crippen molar-refractivity contribution in [1.82, 2.24) is 9.80 Å². The largest absolute Gasteiger partial charge is 0.507 e. The van der Waals surface area contributed by atoms with Gasteiger partial charge in [-0.15, -0.1) is 0 Å². The Balaban J connectivity index is 1.52. The highest BCUT2D eigenvalue weighted by molar-refractivity contribution is 5.86. The number of hydrogen-bond donors (Lipinski definition) is 2. The number of fused-ring (bicyclic) bond motifs is 1. The first-order valence-corrected chi connectivity index (χ1v) is 18.0. The molecule has 0 spiro atoms. The van der Waals surface area contributed by atoms with Gasteiger partial charge in [0.2, 0.25) is 0 Å². The molecular weight excluding hydrogens is 594 g/mol. The summed E-state index contributed by atoms with van der Waals surface area (Å²) < 4.78 is 2.41. The van der Waals surface area contributed by atoms with Crippen LogP contribution in [0.1, 0.15) is 129 Å². The van der Waals surface area contributed by atoms with Crippen LogP contribution in [-0.4, -0.2) is 94.8 Å². The Morgan fingerprint density at radius 1 is 0.750 bits per heavy atom. The average molecular weight is 659 g/mol. The zero-order valence-electron chi connectivity index (χ0n) is 32.2. The second-order valence-corrected chi connectivity index (χ2v) is 17.8. The molecule has 2 aliphatic heterocycles. The standard InChI is InChI=1S/C41H63N5O2/c1-38(2,3)32-22-29(16-13-18-45-20-15-21-46-19-14-17-44(12)37(45)46)35(47)31(24-32)27-43-41(10,11)28-42-26-30-23-33(39(4,5)6)25-34(36(30)48)40(7,8)9/h22-27H,13-21,28H2,1-12H3,(H-,42,43,47,48)/p+1. The number of aryl methyl sites for hydroxylation is 1. The molecule has 264 valence electrons.